The first-order valence-corrected chi connectivity index (χ1v) is 9.34. The molecule has 0 bridgehead atoms. The summed E-state index contributed by atoms with van der Waals surface area (Å²) in [5.74, 6) is -0.213. The molecule has 2 rings (SSSR count). The van der Waals surface area contributed by atoms with Crippen molar-refractivity contribution < 1.29 is 13.9 Å². The predicted octanol–water partition coefficient (Wildman–Crippen LogP) is 4.71. The molecule has 27 heavy (non-hydrogen) atoms. The van der Waals surface area contributed by atoms with Gasteiger partial charge in [-0.15, -0.1) is 0 Å². The van der Waals surface area contributed by atoms with Gasteiger partial charge in [-0.25, -0.2) is 4.39 Å². The first-order valence-electron chi connectivity index (χ1n) is 8.58. The Morgan fingerprint density at radius 3 is 2.44 bits per heavy atom. The molecule has 0 aromatic heterocycles. The van der Waals surface area contributed by atoms with E-state index in [2.05, 4.69) is 5.32 Å². The second-order valence-corrected chi connectivity index (χ2v) is 7.38. The van der Waals surface area contributed by atoms with Gasteiger partial charge in [-0.2, -0.15) is 0 Å². The van der Waals surface area contributed by atoms with Crippen molar-refractivity contribution in [3.8, 4) is 5.75 Å². The maximum atomic E-state index is 13.2. The Kier molecular flexibility index (Phi) is 7.90. The highest BCUT2D eigenvalue weighted by Crippen LogP contribution is 2.28. The summed E-state index contributed by atoms with van der Waals surface area (Å²) in [6.45, 7) is 2.41. The Bertz CT molecular complexity index is 769. The number of nitrogens with zero attached hydrogens (tertiary/aromatic N) is 1. The van der Waals surface area contributed by atoms with E-state index in [0.29, 0.717) is 22.2 Å². The quantitative estimate of drug-likeness (QED) is 0.682. The number of rotatable bonds is 8. The van der Waals surface area contributed by atoms with Gasteiger partial charge >= 0.3 is 0 Å². The summed E-state index contributed by atoms with van der Waals surface area (Å²) >= 11 is 12.0. The van der Waals surface area contributed by atoms with E-state index in [4.69, 9.17) is 27.9 Å². The van der Waals surface area contributed by atoms with E-state index < -0.39 is 6.10 Å². The number of carbonyl (C=O) groups is 1. The molecule has 146 valence electrons. The molecule has 0 aliphatic heterocycles. The molecule has 2 aromatic carbocycles. The van der Waals surface area contributed by atoms with Crippen LogP contribution in [0.4, 0.5) is 4.39 Å². The Balaban J connectivity index is 2.07. The molecule has 0 aliphatic carbocycles. The van der Waals surface area contributed by atoms with E-state index in [1.54, 1.807) is 37.3 Å². The number of nitrogens with one attached hydrogen (secondary N) is 1. The molecule has 2 atom stereocenters. The Labute approximate surface area is 169 Å². The van der Waals surface area contributed by atoms with Crippen molar-refractivity contribution in [2.45, 2.75) is 25.5 Å². The minimum atomic E-state index is -0.758. The SMILES string of the molecule is CC(Oc1ccc(Cl)cc1Cl)C(=O)NC(CCN(C)C)c1ccc(F)cc1. The van der Waals surface area contributed by atoms with Crippen LogP contribution >= 0.6 is 23.2 Å². The average molecular weight is 413 g/mol. The zero-order valence-corrected chi connectivity index (χ0v) is 17.0. The highest BCUT2D eigenvalue weighted by atomic mass is 35.5. The molecule has 2 unspecified atom stereocenters. The second kappa shape index (κ2) is 9.93. The number of ether oxygens (including phenoxy) is 1. The van der Waals surface area contributed by atoms with Gasteiger partial charge in [0.15, 0.2) is 6.10 Å². The van der Waals surface area contributed by atoms with Gasteiger partial charge in [0.1, 0.15) is 11.6 Å². The first kappa shape index (κ1) is 21.5. The monoisotopic (exact) mass is 412 g/mol. The Morgan fingerprint density at radius 1 is 1.19 bits per heavy atom. The lowest BCUT2D eigenvalue weighted by Crippen LogP contribution is -2.39. The molecule has 0 heterocycles. The van der Waals surface area contributed by atoms with Crippen molar-refractivity contribution in [3.05, 3.63) is 63.9 Å². The van der Waals surface area contributed by atoms with Crippen molar-refractivity contribution in [1.29, 1.82) is 0 Å². The number of carbonyl (C=O) groups excluding carboxylic acids is 1. The van der Waals surface area contributed by atoms with Gasteiger partial charge < -0.3 is 15.0 Å². The molecule has 0 fully saturated rings. The lowest BCUT2D eigenvalue weighted by molar-refractivity contribution is -0.128. The zero-order valence-electron chi connectivity index (χ0n) is 15.5. The summed E-state index contributed by atoms with van der Waals surface area (Å²) in [5, 5.41) is 3.80. The summed E-state index contributed by atoms with van der Waals surface area (Å²) in [6, 6.07) is 10.7. The van der Waals surface area contributed by atoms with Gasteiger partial charge in [0.2, 0.25) is 0 Å². The van der Waals surface area contributed by atoms with Gasteiger partial charge in [0, 0.05) is 5.02 Å². The van der Waals surface area contributed by atoms with Gasteiger partial charge in [-0.3, -0.25) is 4.79 Å². The summed E-state index contributed by atoms with van der Waals surface area (Å²) in [4.78, 5) is 14.7. The molecule has 1 amide bonds. The van der Waals surface area contributed by atoms with Crippen LogP contribution in [0, 0.1) is 5.82 Å². The predicted molar refractivity (Wildman–Crippen MR) is 107 cm³/mol. The van der Waals surface area contributed by atoms with Gasteiger partial charge in [0.25, 0.3) is 5.91 Å². The molecule has 2 aromatic rings. The third-order valence-electron chi connectivity index (χ3n) is 4.02. The summed E-state index contributed by atoms with van der Waals surface area (Å²) in [5.41, 5.74) is 0.836. The van der Waals surface area contributed by atoms with Gasteiger partial charge in [-0.05, 0) is 69.9 Å². The molecule has 7 heteroatoms. The van der Waals surface area contributed by atoms with Crippen molar-refractivity contribution in [2.24, 2.45) is 0 Å². The number of benzene rings is 2. The van der Waals surface area contributed by atoms with E-state index in [0.717, 1.165) is 12.1 Å². The summed E-state index contributed by atoms with van der Waals surface area (Å²) in [7, 11) is 3.91. The van der Waals surface area contributed by atoms with E-state index in [-0.39, 0.29) is 17.8 Å². The number of amides is 1. The fraction of sp³-hybridized carbons (Fsp3) is 0.350. The van der Waals surface area contributed by atoms with Crippen LogP contribution in [0.5, 0.6) is 5.75 Å². The van der Waals surface area contributed by atoms with Crippen LogP contribution in [0.25, 0.3) is 0 Å². The first-order chi connectivity index (χ1) is 12.8. The lowest BCUT2D eigenvalue weighted by Gasteiger charge is -2.23. The topological polar surface area (TPSA) is 41.6 Å². The fourth-order valence-electron chi connectivity index (χ4n) is 2.51. The molecule has 0 aliphatic rings. The standard InChI is InChI=1S/C20H23Cl2FN2O2/c1-13(27-19-9-6-15(21)12-17(19)22)20(26)24-18(10-11-25(2)3)14-4-7-16(23)8-5-14/h4-9,12-13,18H,10-11H2,1-3H3,(H,24,26). The van der Waals surface area contributed by atoms with E-state index in [1.165, 1.54) is 12.1 Å². The maximum Gasteiger partial charge on any atom is 0.261 e. The number of hydrogen-bond acceptors (Lipinski definition) is 3. The van der Waals surface area contributed by atoms with Crippen molar-refractivity contribution >= 4 is 29.1 Å². The molecular formula is C20H23Cl2FN2O2. The number of halogens is 3. The largest absolute Gasteiger partial charge is 0.479 e. The van der Waals surface area contributed by atoms with Crippen LogP contribution in [-0.2, 0) is 4.79 Å². The normalized spacial score (nSPS) is 13.3. The van der Waals surface area contributed by atoms with Gasteiger partial charge in [0.05, 0.1) is 11.1 Å². The van der Waals surface area contributed by atoms with E-state index in [9.17, 15) is 9.18 Å². The van der Waals surface area contributed by atoms with Crippen LogP contribution < -0.4 is 10.1 Å². The Hall–Kier alpha value is -1.82. The summed E-state index contributed by atoms with van der Waals surface area (Å²) in [6.07, 6.45) is -0.0790. The highest BCUT2D eigenvalue weighted by molar-refractivity contribution is 6.35. The maximum absolute atomic E-state index is 13.2. The second-order valence-electron chi connectivity index (χ2n) is 6.54. The van der Waals surface area contributed by atoms with Crippen molar-refractivity contribution in [1.82, 2.24) is 10.2 Å². The molecule has 0 radical (unpaired) electrons. The highest BCUT2D eigenvalue weighted by Gasteiger charge is 2.21. The average Bonchev–Trinajstić information content (AvgIpc) is 2.61. The van der Waals surface area contributed by atoms with Crippen LogP contribution in [0.15, 0.2) is 42.5 Å². The van der Waals surface area contributed by atoms with Crippen molar-refractivity contribution in [3.63, 3.8) is 0 Å². The fourth-order valence-corrected chi connectivity index (χ4v) is 2.96. The molecule has 0 saturated heterocycles. The minimum absolute atomic E-state index is 0.257. The van der Waals surface area contributed by atoms with Crippen molar-refractivity contribution in [2.75, 3.05) is 20.6 Å². The van der Waals surface area contributed by atoms with Crippen LogP contribution in [-0.4, -0.2) is 37.6 Å². The third kappa shape index (κ3) is 6.69. The molecule has 1 N–H and O–H groups in total. The third-order valence-corrected chi connectivity index (χ3v) is 4.55. The summed E-state index contributed by atoms with van der Waals surface area (Å²) < 4.78 is 18.9. The molecule has 0 spiro atoms. The van der Waals surface area contributed by atoms with Crippen LogP contribution in [0.1, 0.15) is 24.9 Å². The molecule has 4 nitrogen and oxygen atoms in total. The smallest absolute Gasteiger partial charge is 0.261 e. The molecule has 0 saturated carbocycles. The van der Waals surface area contributed by atoms with Gasteiger partial charge in [-0.1, -0.05) is 35.3 Å². The van der Waals surface area contributed by atoms with E-state index >= 15 is 0 Å². The minimum Gasteiger partial charge on any atom is -0.479 e. The number of hydrogen-bond donors (Lipinski definition) is 1. The Morgan fingerprint density at radius 2 is 1.85 bits per heavy atom. The molecular weight excluding hydrogens is 390 g/mol. The lowest BCUT2D eigenvalue weighted by atomic mass is 10.0. The zero-order chi connectivity index (χ0) is 20.0. The van der Waals surface area contributed by atoms with Crippen LogP contribution in [0.3, 0.4) is 0 Å². The van der Waals surface area contributed by atoms with Crippen LogP contribution in [0.2, 0.25) is 10.0 Å². The van der Waals surface area contributed by atoms with E-state index in [1.807, 2.05) is 19.0 Å².